The minimum Gasteiger partial charge on any atom is -0.308 e. The van der Waals surface area contributed by atoms with Gasteiger partial charge in [-0.2, -0.15) is 4.89 Å². The van der Waals surface area contributed by atoms with Crippen LogP contribution in [-0.2, 0) is 16.3 Å². The van der Waals surface area contributed by atoms with Crippen LogP contribution >= 0.6 is 0 Å². The molecule has 1 aliphatic heterocycles. The van der Waals surface area contributed by atoms with Crippen molar-refractivity contribution in [3.05, 3.63) is 42.0 Å². The molecule has 0 saturated carbocycles. The molecule has 0 bridgehead atoms. The largest absolute Gasteiger partial charge is 0.308 e. The van der Waals surface area contributed by atoms with Crippen molar-refractivity contribution in [3.63, 3.8) is 0 Å². The molecule has 0 aromatic heterocycles. The molecule has 0 radical (unpaired) electrons. The summed E-state index contributed by atoms with van der Waals surface area (Å²) >= 11 is 0. The van der Waals surface area contributed by atoms with E-state index in [2.05, 4.69) is 17.2 Å². The van der Waals surface area contributed by atoms with E-state index in [9.17, 15) is 0 Å². The van der Waals surface area contributed by atoms with Crippen LogP contribution in [0.2, 0.25) is 0 Å². The number of hydrogen-bond donors (Lipinski definition) is 0. The maximum atomic E-state index is 5.03. The average molecular weight is 202 g/mol. The van der Waals surface area contributed by atoms with E-state index < -0.39 is 0 Å². The van der Waals surface area contributed by atoms with Crippen LogP contribution in [0.1, 0.15) is 5.56 Å². The first kappa shape index (κ1) is 8.71. The lowest BCUT2D eigenvalue weighted by Crippen LogP contribution is -1.95. The van der Waals surface area contributed by atoms with Gasteiger partial charge in [-0.1, -0.05) is 30.3 Å². The minimum absolute atomic E-state index is 0.515. The lowest BCUT2D eigenvalue weighted by Gasteiger charge is -2.06. The van der Waals surface area contributed by atoms with Crippen molar-refractivity contribution in [2.75, 3.05) is 6.61 Å². The fourth-order valence-corrected chi connectivity index (χ4v) is 1.89. The van der Waals surface area contributed by atoms with Crippen molar-refractivity contribution in [1.29, 1.82) is 0 Å². The molecule has 0 fully saturated rings. The maximum absolute atomic E-state index is 5.03. The van der Waals surface area contributed by atoms with Gasteiger partial charge in [0, 0.05) is 12.0 Å². The lowest BCUT2D eigenvalue weighted by atomic mass is 10.0. The Hall–Kier alpha value is -1.58. The summed E-state index contributed by atoms with van der Waals surface area (Å²) in [5.74, 6) is 0.742. The van der Waals surface area contributed by atoms with Gasteiger partial charge in [-0.15, -0.1) is 0 Å². The van der Waals surface area contributed by atoms with Crippen LogP contribution in [0.25, 0.3) is 10.8 Å². The van der Waals surface area contributed by atoms with Gasteiger partial charge in [0.05, 0.1) is 6.61 Å². The molecule has 0 saturated heterocycles. The summed E-state index contributed by atoms with van der Waals surface area (Å²) in [5, 5.41) is 6.98. The molecule has 15 heavy (non-hydrogen) atoms. The maximum Gasteiger partial charge on any atom is 0.172 e. The van der Waals surface area contributed by atoms with Crippen LogP contribution in [0.5, 0.6) is 5.75 Å². The van der Waals surface area contributed by atoms with Gasteiger partial charge in [0.2, 0.25) is 0 Å². The first-order valence-corrected chi connectivity index (χ1v) is 4.92. The van der Waals surface area contributed by atoms with Gasteiger partial charge in [0.15, 0.2) is 5.75 Å². The fourth-order valence-electron chi connectivity index (χ4n) is 1.89. The zero-order valence-corrected chi connectivity index (χ0v) is 8.10. The summed E-state index contributed by atoms with van der Waals surface area (Å²) in [4.78, 5) is 9.84. The highest BCUT2D eigenvalue weighted by Gasteiger charge is 2.13. The molecule has 3 nitrogen and oxygen atoms in total. The van der Waals surface area contributed by atoms with Gasteiger partial charge < -0.3 is 4.89 Å². The molecule has 0 amide bonds. The van der Waals surface area contributed by atoms with Crippen molar-refractivity contribution in [1.82, 2.24) is 0 Å². The Balaban J connectivity index is 2.27. The summed E-state index contributed by atoms with van der Waals surface area (Å²) in [6.07, 6.45) is 0.802. The second-order valence-corrected chi connectivity index (χ2v) is 3.49. The third-order valence-electron chi connectivity index (χ3n) is 2.60. The third-order valence-corrected chi connectivity index (χ3v) is 2.60. The summed E-state index contributed by atoms with van der Waals surface area (Å²) in [6.45, 7) is 0.515. The molecule has 3 heteroatoms. The second kappa shape index (κ2) is 3.53. The molecule has 1 aliphatic rings. The summed E-state index contributed by atoms with van der Waals surface area (Å²) < 4.78 is 0. The molecule has 76 valence electrons. The Kier molecular flexibility index (Phi) is 2.05. The molecule has 0 atom stereocenters. The summed E-state index contributed by atoms with van der Waals surface area (Å²) in [5.41, 5.74) is 1.14. The van der Waals surface area contributed by atoms with Crippen molar-refractivity contribution in [2.45, 2.75) is 6.42 Å². The van der Waals surface area contributed by atoms with E-state index in [1.807, 2.05) is 24.3 Å². The topological polar surface area (TPSA) is 27.7 Å². The number of fused-ring (bicyclic) bond motifs is 3. The van der Waals surface area contributed by atoms with Crippen molar-refractivity contribution in [2.24, 2.45) is 0 Å². The van der Waals surface area contributed by atoms with Crippen molar-refractivity contribution >= 4 is 10.8 Å². The molecule has 2 aromatic rings. The normalized spacial score (nSPS) is 15.5. The molecule has 1 heterocycles. The van der Waals surface area contributed by atoms with Crippen LogP contribution in [0, 0.1) is 0 Å². The fraction of sp³-hybridized carbons (Fsp3) is 0.167. The minimum atomic E-state index is 0.515. The molecular formula is C12H10O3. The predicted molar refractivity (Wildman–Crippen MR) is 55.3 cm³/mol. The molecule has 0 aliphatic carbocycles. The zero-order chi connectivity index (χ0) is 10.1. The van der Waals surface area contributed by atoms with Crippen LogP contribution in [0.15, 0.2) is 36.4 Å². The number of hydrogen-bond acceptors (Lipinski definition) is 3. The van der Waals surface area contributed by atoms with E-state index in [1.165, 1.54) is 10.8 Å². The van der Waals surface area contributed by atoms with Crippen LogP contribution < -0.4 is 4.89 Å². The second-order valence-electron chi connectivity index (χ2n) is 3.49. The van der Waals surface area contributed by atoms with Crippen molar-refractivity contribution in [3.8, 4) is 5.75 Å². The van der Waals surface area contributed by atoms with Crippen LogP contribution in [0.4, 0.5) is 0 Å². The van der Waals surface area contributed by atoms with Gasteiger partial charge in [0.1, 0.15) is 0 Å². The van der Waals surface area contributed by atoms with Gasteiger partial charge in [-0.3, -0.25) is 0 Å². The number of rotatable bonds is 0. The molecular weight excluding hydrogens is 192 g/mol. The van der Waals surface area contributed by atoms with Gasteiger partial charge >= 0.3 is 0 Å². The van der Waals surface area contributed by atoms with Crippen molar-refractivity contribution < 1.29 is 14.8 Å². The Morgan fingerprint density at radius 3 is 2.93 bits per heavy atom. The first-order valence-electron chi connectivity index (χ1n) is 4.92. The monoisotopic (exact) mass is 202 g/mol. The van der Waals surface area contributed by atoms with Gasteiger partial charge in [0.25, 0.3) is 0 Å². The summed E-state index contributed by atoms with van der Waals surface area (Å²) in [7, 11) is 0. The SMILES string of the molecule is c1ccc2c3c(ccc2c1)OOOCC3. The Bertz CT molecular complexity index is 493. The number of benzene rings is 2. The van der Waals surface area contributed by atoms with Crippen LogP contribution in [-0.4, -0.2) is 6.61 Å². The smallest absolute Gasteiger partial charge is 0.172 e. The van der Waals surface area contributed by atoms with Gasteiger partial charge in [-0.25, -0.2) is 0 Å². The van der Waals surface area contributed by atoms with Crippen LogP contribution in [0.3, 0.4) is 0 Å². The highest BCUT2D eigenvalue weighted by molar-refractivity contribution is 5.87. The Labute approximate surface area is 87.0 Å². The standard InChI is InChI=1S/C12H10O3/c1-2-4-10-9(3-1)5-6-12-11(10)7-8-13-15-14-12/h1-6H,7-8H2. The molecule has 3 rings (SSSR count). The predicted octanol–water partition coefficient (Wildman–Crippen LogP) is 2.64. The van der Waals surface area contributed by atoms with E-state index in [1.54, 1.807) is 0 Å². The highest BCUT2D eigenvalue weighted by Crippen LogP contribution is 2.30. The lowest BCUT2D eigenvalue weighted by molar-refractivity contribution is -0.462. The van der Waals surface area contributed by atoms with E-state index in [4.69, 9.17) is 9.78 Å². The molecule has 2 aromatic carbocycles. The molecule has 0 spiro atoms. The van der Waals surface area contributed by atoms with E-state index >= 15 is 0 Å². The third kappa shape index (κ3) is 1.46. The summed E-state index contributed by atoms with van der Waals surface area (Å²) in [6, 6.07) is 12.1. The first-order chi connectivity index (χ1) is 7.45. The molecule has 0 N–H and O–H groups in total. The van der Waals surface area contributed by atoms with Gasteiger partial charge in [-0.05, 0) is 21.9 Å². The highest BCUT2D eigenvalue weighted by atomic mass is 17.5. The Morgan fingerprint density at radius 2 is 1.93 bits per heavy atom. The zero-order valence-electron chi connectivity index (χ0n) is 8.10. The average Bonchev–Trinajstić information content (AvgIpc) is 2.54. The van der Waals surface area contributed by atoms with E-state index in [-0.39, 0.29) is 0 Å². The van der Waals surface area contributed by atoms with E-state index in [0.717, 1.165) is 17.7 Å². The van der Waals surface area contributed by atoms with E-state index in [0.29, 0.717) is 6.61 Å². The molecule has 0 unspecified atom stereocenters. The quantitative estimate of drug-likeness (QED) is 0.614. The Morgan fingerprint density at radius 1 is 1.00 bits per heavy atom.